The van der Waals surface area contributed by atoms with Gasteiger partial charge in [0.05, 0.1) is 60.0 Å². The highest BCUT2D eigenvalue weighted by molar-refractivity contribution is 6.30. The fraction of sp³-hybridized carbons (Fsp3) is 0.438. The lowest BCUT2D eigenvalue weighted by atomic mass is 9.91. The van der Waals surface area contributed by atoms with E-state index in [0.717, 1.165) is 19.5 Å². The van der Waals surface area contributed by atoms with Crippen LogP contribution in [0.3, 0.4) is 0 Å². The van der Waals surface area contributed by atoms with Crippen LogP contribution in [-0.2, 0) is 22.5 Å². The van der Waals surface area contributed by atoms with Crippen molar-refractivity contribution in [3.8, 4) is 16.9 Å². The number of anilines is 1. The minimum atomic E-state index is -4.48. The number of hydrogen-bond acceptors (Lipinski definition) is 9. The highest BCUT2D eigenvalue weighted by Gasteiger charge is 2.36. The number of carbonyl (C=O) groups is 2. The van der Waals surface area contributed by atoms with Gasteiger partial charge in [0, 0.05) is 42.9 Å². The summed E-state index contributed by atoms with van der Waals surface area (Å²) in [6.07, 6.45) is -1.00. The maximum atomic E-state index is 13.5. The fourth-order valence-electron chi connectivity index (χ4n) is 6.75. The van der Waals surface area contributed by atoms with Crippen LogP contribution in [-0.4, -0.2) is 86.6 Å². The Bertz CT molecular complexity index is 1880. The van der Waals surface area contributed by atoms with E-state index in [4.69, 9.17) is 31.9 Å². The van der Waals surface area contributed by atoms with E-state index >= 15 is 0 Å². The molecule has 2 fully saturated rings. The van der Waals surface area contributed by atoms with Crippen LogP contribution in [0, 0.1) is 5.92 Å². The van der Waals surface area contributed by atoms with Crippen LogP contribution < -0.4 is 15.4 Å². The third-order valence-corrected chi connectivity index (χ3v) is 9.41. The molecule has 12 nitrogen and oxygen atoms in total. The summed E-state index contributed by atoms with van der Waals surface area (Å²) < 4.78 is 53.5. The standard InChI is InChI=1S/C32H32ClF3N8O4/c1-17-12-42(20-14-47-15-20)7-5-23(17)44-31-21(11-40-44)28(29(30(37)46)22(41-31)4-6-32(34,35)36)18-2-3-24-25(8-18)48-16-27(45)43(24)13-26-38-9-19(33)10-39-26/h2-3,8-11,17,20,23H,4-7,12-16H2,1H3,(H2,37,46)/t17-,23-/m1/s1. The molecule has 0 radical (unpaired) electrons. The van der Waals surface area contributed by atoms with Crippen LogP contribution >= 0.6 is 11.6 Å². The van der Waals surface area contributed by atoms with Gasteiger partial charge in [-0.15, -0.1) is 0 Å². The first kappa shape index (κ1) is 32.2. The van der Waals surface area contributed by atoms with Gasteiger partial charge in [-0.1, -0.05) is 24.6 Å². The summed E-state index contributed by atoms with van der Waals surface area (Å²) in [5.41, 5.74) is 7.28. The number of halogens is 4. The van der Waals surface area contributed by atoms with Crippen molar-refractivity contribution in [2.45, 2.75) is 51.0 Å². The number of alkyl halides is 3. The average molecular weight is 685 g/mol. The molecule has 0 unspecified atom stereocenters. The SMILES string of the molecule is C[C@@H]1CN(C2COC2)CC[C@H]1n1ncc2c(-c3ccc4c(c3)OCC(=O)N4Cc3ncc(Cl)cn3)c(C(N)=O)c(CCC(F)(F)F)nc21. The van der Waals surface area contributed by atoms with E-state index in [2.05, 4.69) is 26.8 Å². The number of hydrogen-bond donors (Lipinski definition) is 1. The number of amides is 2. The number of benzene rings is 1. The number of pyridine rings is 1. The van der Waals surface area contributed by atoms with Crippen LogP contribution in [0.2, 0.25) is 5.02 Å². The van der Waals surface area contributed by atoms with Crippen molar-refractivity contribution in [1.82, 2.24) is 29.6 Å². The van der Waals surface area contributed by atoms with E-state index in [-0.39, 0.29) is 42.3 Å². The molecule has 3 aromatic heterocycles. The maximum absolute atomic E-state index is 13.5. The molecule has 0 bridgehead atoms. The predicted molar refractivity (Wildman–Crippen MR) is 169 cm³/mol. The van der Waals surface area contributed by atoms with Gasteiger partial charge in [-0.05, 0) is 36.5 Å². The predicted octanol–water partition coefficient (Wildman–Crippen LogP) is 4.34. The number of piperidine rings is 1. The van der Waals surface area contributed by atoms with Crippen molar-refractivity contribution in [2.75, 3.05) is 37.8 Å². The number of fused-ring (bicyclic) bond motifs is 2. The summed E-state index contributed by atoms with van der Waals surface area (Å²) in [7, 11) is 0. The Morgan fingerprint density at radius 2 is 1.94 bits per heavy atom. The zero-order valence-electron chi connectivity index (χ0n) is 25.9. The van der Waals surface area contributed by atoms with Gasteiger partial charge in [0.2, 0.25) is 0 Å². The number of aromatic nitrogens is 5. The maximum Gasteiger partial charge on any atom is 0.389 e. The van der Waals surface area contributed by atoms with Crippen LogP contribution in [0.4, 0.5) is 18.9 Å². The lowest BCUT2D eigenvalue weighted by Crippen LogP contribution is -2.54. The molecule has 3 aliphatic rings. The molecule has 2 N–H and O–H groups in total. The lowest BCUT2D eigenvalue weighted by Gasteiger charge is -2.44. The lowest BCUT2D eigenvalue weighted by molar-refractivity contribution is -0.134. The smallest absolute Gasteiger partial charge is 0.389 e. The molecular formula is C32H32ClF3N8O4. The van der Waals surface area contributed by atoms with Gasteiger partial charge >= 0.3 is 6.18 Å². The minimum absolute atomic E-state index is 0.0525. The summed E-state index contributed by atoms with van der Waals surface area (Å²) in [6, 6.07) is 5.28. The van der Waals surface area contributed by atoms with Gasteiger partial charge in [-0.3, -0.25) is 19.4 Å². The number of likely N-dealkylation sites (tertiary alicyclic amines) is 1. The number of nitrogens with two attached hydrogens (primary N) is 1. The second kappa shape index (κ2) is 12.6. The third kappa shape index (κ3) is 6.17. The van der Waals surface area contributed by atoms with Gasteiger partial charge in [0.1, 0.15) is 11.6 Å². The summed E-state index contributed by atoms with van der Waals surface area (Å²) in [6.45, 7) is 4.94. The molecule has 0 saturated carbocycles. The van der Waals surface area contributed by atoms with Crippen molar-refractivity contribution < 1.29 is 32.2 Å². The quantitative estimate of drug-likeness (QED) is 0.287. The largest absolute Gasteiger partial charge is 0.482 e. The highest BCUT2D eigenvalue weighted by Crippen LogP contribution is 2.42. The van der Waals surface area contributed by atoms with Crippen molar-refractivity contribution in [2.24, 2.45) is 11.7 Å². The van der Waals surface area contributed by atoms with Crippen LogP contribution in [0.1, 0.15) is 47.7 Å². The number of primary amides is 1. The molecule has 0 spiro atoms. The molecule has 7 rings (SSSR count). The van der Waals surface area contributed by atoms with Gasteiger partial charge < -0.3 is 15.2 Å². The second-order valence-electron chi connectivity index (χ2n) is 12.4. The molecule has 2 saturated heterocycles. The Balaban J connectivity index is 1.32. The topological polar surface area (TPSA) is 142 Å². The van der Waals surface area contributed by atoms with E-state index in [9.17, 15) is 22.8 Å². The second-order valence-corrected chi connectivity index (χ2v) is 12.8. The van der Waals surface area contributed by atoms with Gasteiger partial charge in [-0.2, -0.15) is 18.3 Å². The van der Waals surface area contributed by atoms with Crippen LogP contribution in [0.25, 0.3) is 22.2 Å². The summed E-state index contributed by atoms with van der Waals surface area (Å²) >= 11 is 5.92. The normalized spacial score (nSPS) is 20.4. The number of nitrogens with zero attached hydrogens (tertiary/aromatic N) is 7. The molecular weight excluding hydrogens is 653 g/mol. The number of ether oxygens (including phenoxy) is 2. The van der Waals surface area contributed by atoms with Crippen molar-refractivity contribution in [1.29, 1.82) is 0 Å². The van der Waals surface area contributed by atoms with E-state index < -0.39 is 24.9 Å². The van der Waals surface area contributed by atoms with Crippen LogP contribution in [0.5, 0.6) is 5.75 Å². The molecule has 252 valence electrons. The molecule has 16 heteroatoms. The Morgan fingerprint density at radius 1 is 1.17 bits per heavy atom. The monoisotopic (exact) mass is 684 g/mol. The van der Waals surface area contributed by atoms with E-state index in [1.54, 1.807) is 29.1 Å². The molecule has 0 aliphatic carbocycles. The van der Waals surface area contributed by atoms with Crippen molar-refractivity contribution >= 4 is 40.1 Å². The highest BCUT2D eigenvalue weighted by atomic mass is 35.5. The Labute approximate surface area is 278 Å². The first-order valence-corrected chi connectivity index (χ1v) is 16.0. The first-order chi connectivity index (χ1) is 23.0. The number of rotatable bonds is 8. The van der Waals surface area contributed by atoms with Gasteiger partial charge in [-0.25, -0.2) is 19.6 Å². The molecule has 48 heavy (non-hydrogen) atoms. The molecule has 4 aromatic rings. The Hall–Kier alpha value is -4.34. The third-order valence-electron chi connectivity index (χ3n) is 9.22. The van der Waals surface area contributed by atoms with Crippen LogP contribution in [0.15, 0.2) is 36.8 Å². The van der Waals surface area contributed by atoms with E-state index in [1.807, 2.05) is 0 Å². The van der Waals surface area contributed by atoms with Crippen molar-refractivity contribution in [3.05, 3.63) is 58.9 Å². The van der Waals surface area contributed by atoms with Gasteiger partial charge in [0.25, 0.3) is 11.8 Å². The first-order valence-electron chi connectivity index (χ1n) is 15.6. The van der Waals surface area contributed by atoms with Gasteiger partial charge in [0.15, 0.2) is 12.3 Å². The molecule has 3 aliphatic heterocycles. The van der Waals surface area contributed by atoms with Crippen molar-refractivity contribution in [3.63, 3.8) is 0 Å². The minimum Gasteiger partial charge on any atom is -0.482 e. The Kier molecular flexibility index (Phi) is 8.46. The molecule has 2 atom stereocenters. The average Bonchev–Trinajstić information content (AvgIpc) is 3.43. The molecule has 2 amide bonds. The van der Waals surface area contributed by atoms with E-state index in [1.165, 1.54) is 17.3 Å². The summed E-state index contributed by atoms with van der Waals surface area (Å²) in [5.74, 6) is -0.388. The Morgan fingerprint density at radius 3 is 2.60 bits per heavy atom. The van der Waals surface area contributed by atoms with E-state index in [0.29, 0.717) is 63.7 Å². The number of carbonyl (C=O) groups excluding carboxylic acids is 2. The zero-order chi connectivity index (χ0) is 33.7. The summed E-state index contributed by atoms with van der Waals surface area (Å²) in [4.78, 5) is 42.8. The molecule has 1 aromatic carbocycles. The summed E-state index contributed by atoms with van der Waals surface area (Å²) in [5, 5.41) is 5.53. The molecule has 6 heterocycles. The zero-order valence-corrected chi connectivity index (χ0v) is 26.7. The fourth-order valence-corrected chi connectivity index (χ4v) is 6.84. The number of aryl methyl sites for hydroxylation is 1.